The predicted molar refractivity (Wildman–Crippen MR) is 107 cm³/mol. The van der Waals surface area contributed by atoms with E-state index < -0.39 is 5.76 Å². The second kappa shape index (κ2) is 8.08. The van der Waals surface area contributed by atoms with Gasteiger partial charge in [0.1, 0.15) is 11.6 Å². The first-order valence-corrected chi connectivity index (χ1v) is 9.57. The summed E-state index contributed by atoms with van der Waals surface area (Å²) in [5.41, 5.74) is 2.37. The lowest BCUT2D eigenvalue weighted by Gasteiger charge is -2.05. The Morgan fingerprint density at radius 2 is 2.14 bits per heavy atom. The van der Waals surface area contributed by atoms with Gasteiger partial charge in [0.2, 0.25) is 5.91 Å². The second-order valence-electron chi connectivity index (χ2n) is 6.68. The van der Waals surface area contributed by atoms with Gasteiger partial charge >= 0.3 is 5.76 Å². The molecule has 2 heterocycles. The molecule has 150 valence electrons. The summed E-state index contributed by atoms with van der Waals surface area (Å²) in [4.78, 5) is 31.5. The maximum absolute atomic E-state index is 13.2. The van der Waals surface area contributed by atoms with Crippen molar-refractivity contribution < 1.29 is 13.6 Å². The molecule has 7 nitrogen and oxygen atoms in total. The van der Waals surface area contributed by atoms with Crippen LogP contribution in [0.25, 0.3) is 22.1 Å². The van der Waals surface area contributed by atoms with E-state index in [4.69, 9.17) is 16.0 Å². The zero-order valence-corrected chi connectivity index (χ0v) is 16.1. The van der Waals surface area contributed by atoms with Crippen molar-refractivity contribution in [1.29, 1.82) is 0 Å². The maximum atomic E-state index is 13.2. The van der Waals surface area contributed by atoms with Crippen LogP contribution in [-0.2, 0) is 17.8 Å². The summed E-state index contributed by atoms with van der Waals surface area (Å²) in [5.74, 6) is -0.245. The third-order valence-electron chi connectivity index (χ3n) is 4.60. The molecular weight excluding hydrogens is 399 g/mol. The van der Waals surface area contributed by atoms with E-state index in [-0.39, 0.29) is 24.7 Å². The number of halogens is 2. The van der Waals surface area contributed by atoms with Crippen LogP contribution in [0, 0.1) is 5.82 Å². The Kier molecular flexibility index (Phi) is 5.35. The smallest absolute Gasteiger partial charge is 0.408 e. The van der Waals surface area contributed by atoms with Crippen LogP contribution in [-0.4, -0.2) is 27.0 Å². The van der Waals surface area contributed by atoms with Crippen molar-refractivity contribution in [3.8, 4) is 0 Å². The summed E-state index contributed by atoms with van der Waals surface area (Å²) in [6.07, 6.45) is 1.46. The van der Waals surface area contributed by atoms with Crippen molar-refractivity contribution in [2.45, 2.75) is 25.8 Å². The minimum Gasteiger partial charge on any atom is -0.408 e. The number of imidazole rings is 1. The fraction of sp³-hybridized carbons (Fsp3) is 0.250. The van der Waals surface area contributed by atoms with Gasteiger partial charge < -0.3 is 14.7 Å². The Morgan fingerprint density at radius 3 is 3.00 bits per heavy atom. The number of hydrogen-bond acceptors (Lipinski definition) is 4. The number of carbonyl (C=O) groups excluding carboxylic acids is 1. The number of oxazole rings is 1. The summed E-state index contributed by atoms with van der Waals surface area (Å²) in [6.45, 7) is 0.690. The largest absolute Gasteiger partial charge is 0.419 e. The van der Waals surface area contributed by atoms with Crippen LogP contribution in [0.15, 0.2) is 45.6 Å². The highest BCUT2D eigenvalue weighted by molar-refractivity contribution is 6.31. The van der Waals surface area contributed by atoms with Crippen molar-refractivity contribution in [3.63, 3.8) is 0 Å². The minimum atomic E-state index is -0.517. The monoisotopic (exact) mass is 416 g/mol. The summed E-state index contributed by atoms with van der Waals surface area (Å²) in [7, 11) is 0. The number of aromatic amines is 1. The van der Waals surface area contributed by atoms with Gasteiger partial charge in [-0.1, -0.05) is 11.6 Å². The molecule has 0 spiro atoms. The predicted octanol–water partition coefficient (Wildman–Crippen LogP) is 3.40. The molecule has 0 saturated heterocycles. The number of aromatic nitrogens is 3. The molecule has 1 amide bonds. The lowest BCUT2D eigenvalue weighted by atomic mass is 10.3. The lowest BCUT2D eigenvalue weighted by Crippen LogP contribution is -2.27. The third-order valence-corrected chi connectivity index (χ3v) is 4.83. The van der Waals surface area contributed by atoms with Gasteiger partial charge in [-0.05, 0) is 36.8 Å². The van der Waals surface area contributed by atoms with Crippen LogP contribution >= 0.6 is 11.6 Å². The second-order valence-corrected chi connectivity index (χ2v) is 7.12. The number of nitrogens with zero attached hydrogens (tertiary/aromatic N) is 2. The topological polar surface area (TPSA) is 92.9 Å². The average molecular weight is 417 g/mol. The van der Waals surface area contributed by atoms with Crippen molar-refractivity contribution in [2.24, 2.45) is 0 Å². The number of aryl methyl sites for hydroxylation is 2. The number of amides is 1. The molecule has 2 N–H and O–H groups in total. The zero-order chi connectivity index (χ0) is 20.4. The van der Waals surface area contributed by atoms with Crippen LogP contribution in [0.5, 0.6) is 0 Å². The highest BCUT2D eigenvalue weighted by Crippen LogP contribution is 2.18. The summed E-state index contributed by atoms with van der Waals surface area (Å²) in [5, 5.41) is 3.30. The summed E-state index contributed by atoms with van der Waals surface area (Å²) in [6, 6.07) is 9.34. The molecule has 0 bridgehead atoms. The molecule has 0 unspecified atom stereocenters. The fourth-order valence-corrected chi connectivity index (χ4v) is 3.35. The first-order chi connectivity index (χ1) is 14.0. The van der Waals surface area contributed by atoms with Crippen LogP contribution in [0.2, 0.25) is 5.02 Å². The van der Waals surface area contributed by atoms with Crippen molar-refractivity contribution >= 4 is 39.6 Å². The van der Waals surface area contributed by atoms with Gasteiger partial charge in [-0.3, -0.25) is 9.36 Å². The van der Waals surface area contributed by atoms with Crippen LogP contribution in [0.1, 0.15) is 18.7 Å². The Labute approximate surface area is 169 Å². The molecule has 2 aromatic heterocycles. The highest BCUT2D eigenvalue weighted by Gasteiger charge is 2.11. The normalized spacial score (nSPS) is 11.4. The highest BCUT2D eigenvalue weighted by atomic mass is 35.5. The van der Waals surface area contributed by atoms with Crippen molar-refractivity contribution in [2.75, 3.05) is 6.54 Å². The van der Waals surface area contributed by atoms with Crippen molar-refractivity contribution in [3.05, 3.63) is 63.6 Å². The number of rotatable bonds is 7. The van der Waals surface area contributed by atoms with E-state index in [1.807, 2.05) is 0 Å². The fourth-order valence-electron chi connectivity index (χ4n) is 3.19. The molecule has 9 heteroatoms. The Hall–Kier alpha value is -3.13. The standard InChI is InChI=1S/C20H18ClFN4O3/c21-12-3-6-16-17(10-12)29-20(28)26(16)9-7-19(27)23-8-1-2-18-24-14-5-4-13(22)11-15(14)25-18/h3-6,10-11H,1-2,7-9H2,(H,23,27)(H,24,25). The molecule has 29 heavy (non-hydrogen) atoms. The van der Waals surface area contributed by atoms with Gasteiger partial charge in [-0.15, -0.1) is 0 Å². The molecule has 0 aliphatic heterocycles. The van der Waals surface area contributed by atoms with Gasteiger partial charge in [0, 0.05) is 37.0 Å². The number of nitrogens with one attached hydrogen (secondary N) is 2. The van der Waals surface area contributed by atoms with Crippen LogP contribution in [0.3, 0.4) is 0 Å². The number of fused-ring (bicyclic) bond motifs is 2. The molecule has 0 aliphatic rings. The average Bonchev–Trinajstić information content (AvgIpc) is 3.22. The molecule has 0 radical (unpaired) electrons. The van der Waals surface area contributed by atoms with Crippen LogP contribution < -0.4 is 11.1 Å². The first kappa shape index (κ1) is 19.2. The minimum absolute atomic E-state index is 0.154. The van der Waals surface area contributed by atoms with Gasteiger partial charge in [-0.2, -0.15) is 0 Å². The molecule has 0 atom stereocenters. The maximum Gasteiger partial charge on any atom is 0.419 e. The van der Waals surface area contributed by atoms with Gasteiger partial charge in [0.05, 0.1) is 16.6 Å². The Morgan fingerprint density at radius 1 is 1.28 bits per heavy atom. The SMILES string of the molecule is O=C(CCn1c(=O)oc2cc(Cl)ccc21)NCCCc1nc2ccc(F)cc2[nH]1. The summed E-state index contributed by atoms with van der Waals surface area (Å²) >= 11 is 5.89. The van der Waals surface area contributed by atoms with E-state index in [0.717, 1.165) is 5.82 Å². The van der Waals surface area contributed by atoms with E-state index in [1.165, 1.54) is 16.7 Å². The van der Waals surface area contributed by atoms with E-state index in [2.05, 4.69) is 15.3 Å². The zero-order valence-electron chi connectivity index (χ0n) is 15.4. The molecule has 0 fully saturated rings. The number of benzene rings is 2. The molecule has 0 saturated carbocycles. The van der Waals surface area contributed by atoms with Gasteiger partial charge in [-0.25, -0.2) is 14.2 Å². The van der Waals surface area contributed by atoms with Gasteiger partial charge in [0.15, 0.2) is 5.58 Å². The number of carbonyl (C=O) groups is 1. The van der Waals surface area contributed by atoms with Crippen LogP contribution in [0.4, 0.5) is 4.39 Å². The molecule has 0 aliphatic carbocycles. The molecule has 4 rings (SSSR count). The first-order valence-electron chi connectivity index (χ1n) is 9.19. The third kappa shape index (κ3) is 4.32. The number of hydrogen-bond donors (Lipinski definition) is 2. The van der Waals surface area contributed by atoms with E-state index in [9.17, 15) is 14.0 Å². The van der Waals surface area contributed by atoms with E-state index >= 15 is 0 Å². The quantitative estimate of drug-likeness (QED) is 0.451. The summed E-state index contributed by atoms with van der Waals surface area (Å²) < 4.78 is 19.8. The van der Waals surface area contributed by atoms with Gasteiger partial charge in [0.25, 0.3) is 0 Å². The molecular formula is C20H18ClFN4O3. The lowest BCUT2D eigenvalue weighted by molar-refractivity contribution is -0.121. The molecule has 4 aromatic rings. The Bertz CT molecular complexity index is 1240. The Balaban J connectivity index is 1.26. The van der Waals surface area contributed by atoms with Crippen molar-refractivity contribution in [1.82, 2.24) is 19.9 Å². The van der Waals surface area contributed by atoms with E-state index in [1.54, 1.807) is 24.3 Å². The number of H-pyrrole nitrogens is 1. The molecule has 2 aromatic carbocycles. The van der Waals surface area contributed by atoms with E-state index in [0.29, 0.717) is 46.5 Å².